The second kappa shape index (κ2) is 29.6. The highest BCUT2D eigenvalue weighted by Gasteiger charge is 2.28. The van der Waals surface area contributed by atoms with Crippen LogP contribution < -0.4 is 26.2 Å². The number of ether oxygens (including phenoxy) is 1. The van der Waals surface area contributed by atoms with Crippen LogP contribution >= 0.6 is 35.1 Å². The van der Waals surface area contributed by atoms with Gasteiger partial charge in [0.1, 0.15) is 73.4 Å². The number of likely N-dealkylation sites (tertiary alicyclic amines) is 1. The molecule has 0 spiro atoms. The van der Waals surface area contributed by atoms with Gasteiger partial charge in [-0.15, -0.1) is 12.4 Å². The molecule has 0 saturated carbocycles. The number of fused-ring (bicyclic) bond motifs is 2. The number of aromatic nitrogens is 10. The highest BCUT2D eigenvalue weighted by atomic mass is 35.5. The minimum atomic E-state index is -1.19. The van der Waals surface area contributed by atoms with Crippen LogP contribution in [0.2, 0.25) is 0 Å². The zero-order valence-electron chi connectivity index (χ0n) is 52.0. The molecular weight excluding hydrogens is 1250 g/mol. The number of aryl methyl sites for hydroxylation is 2. The highest BCUT2D eigenvalue weighted by molar-refractivity contribution is 7.17. The van der Waals surface area contributed by atoms with E-state index in [-0.39, 0.29) is 59.8 Å². The van der Waals surface area contributed by atoms with Gasteiger partial charge in [0.15, 0.2) is 10.3 Å². The van der Waals surface area contributed by atoms with Crippen LogP contribution in [0.4, 0.5) is 35.5 Å². The molecular formula is C65H67ClF2N18O5S2. The molecule has 2 aliphatic rings. The number of carboxylic acids is 1. The van der Waals surface area contributed by atoms with Crippen molar-refractivity contribution in [1.82, 2.24) is 64.2 Å². The molecule has 93 heavy (non-hydrogen) atoms. The standard InChI is InChI=1S/C30H28FN9OS.C25H18FN7O2S.C10H20N2O2.ClH/c1-3-23-29(39(2)30-38-26(24(14-32)42-30)18-4-7-21(31)8-5-18)40-17-19(6-9-25(40)37-23)20-15-34-27(35-16-20)28(41)36-22-10-12-33-13-11-22;1-3-18-23(32(2)25-31-21(19(10-27)36-25)14-4-7-17(26)8-5-14)33-13-15(6-9-20(33)30-18)16-11-28-22(24(34)35)29-12-16;1-10(2,3)14-9(13)12-6-4-8(11)5-7-12;/h4-9,15-17,22,33H,3,10-13H2,1-2H3,(H,36,41);4-9,11-13H,3H2,1-2H3,(H,34,35);8H,4-7,11H2,1-3H3;1H. The predicted octanol–water partition coefficient (Wildman–Crippen LogP) is 11.5. The third-order valence-corrected chi connectivity index (χ3v) is 17.2. The quantitative estimate of drug-likeness (QED) is 0.0834. The molecule has 2 aromatic carbocycles. The average molecular weight is 1320 g/mol. The topological polar surface area (TPSA) is 300 Å². The zero-order valence-corrected chi connectivity index (χ0v) is 54.4. The monoisotopic (exact) mass is 1320 g/mol. The Morgan fingerprint density at radius 1 is 0.667 bits per heavy atom. The number of thiazole rings is 2. The SMILES string of the molecule is CC(C)(C)OC(=O)N1CCC(N)CC1.CCc1nc2ccc(-c3cnc(C(=O)NC4CCNCC4)nc3)cn2c1N(C)c1nc(-c2ccc(F)cc2)c(C#N)s1.CCc1nc2ccc(-c3cnc(C(=O)O)nc3)cn2c1N(C)c1nc(-c2ccc(F)cc2)c(C#N)s1.Cl. The van der Waals surface area contributed by atoms with Gasteiger partial charge in [-0.05, 0) is 145 Å². The fourth-order valence-electron chi connectivity index (χ4n) is 10.3. The van der Waals surface area contributed by atoms with Crippen molar-refractivity contribution in [2.24, 2.45) is 5.73 Å². The lowest BCUT2D eigenvalue weighted by Crippen LogP contribution is -2.44. The number of nitriles is 2. The first kappa shape index (κ1) is 67.5. The van der Waals surface area contributed by atoms with Gasteiger partial charge in [-0.2, -0.15) is 10.5 Å². The molecule has 8 aromatic heterocycles. The molecule has 2 amide bonds. The molecule has 2 saturated heterocycles. The smallest absolute Gasteiger partial charge is 0.410 e. The summed E-state index contributed by atoms with van der Waals surface area (Å²) in [6.45, 7) is 12.9. The Morgan fingerprint density at radius 2 is 1.09 bits per heavy atom. The number of nitrogens with one attached hydrogen (secondary N) is 2. The molecule has 480 valence electrons. The maximum Gasteiger partial charge on any atom is 0.410 e. The number of anilines is 4. The van der Waals surface area contributed by atoms with Gasteiger partial charge in [0.05, 0.1) is 11.4 Å². The zero-order chi connectivity index (χ0) is 65.4. The van der Waals surface area contributed by atoms with Crippen molar-refractivity contribution in [2.45, 2.75) is 90.8 Å². The molecule has 2 aliphatic heterocycles. The summed E-state index contributed by atoms with van der Waals surface area (Å²) in [4.78, 5) is 77.3. The number of carboxylic acid groups (broad SMARTS) is 1. The van der Waals surface area contributed by atoms with Gasteiger partial charge in [0.2, 0.25) is 11.6 Å². The molecule has 0 bridgehead atoms. The Hall–Kier alpha value is -9.90. The molecule has 0 aliphatic carbocycles. The number of aromatic carboxylic acids is 1. The number of carbonyl (C=O) groups is 3. The van der Waals surface area contributed by atoms with Crippen molar-refractivity contribution in [3.8, 4) is 56.9 Å². The van der Waals surface area contributed by atoms with E-state index in [0.717, 1.165) is 103 Å². The highest BCUT2D eigenvalue weighted by Crippen LogP contribution is 2.39. The Kier molecular flexibility index (Phi) is 21.5. The lowest BCUT2D eigenvalue weighted by molar-refractivity contribution is 0.0206. The number of imidazole rings is 2. The van der Waals surface area contributed by atoms with Gasteiger partial charge in [-0.3, -0.25) is 13.6 Å². The van der Waals surface area contributed by atoms with Crippen molar-refractivity contribution in [2.75, 3.05) is 50.1 Å². The Bertz CT molecular complexity index is 4380. The number of pyridine rings is 2. The van der Waals surface area contributed by atoms with E-state index in [2.05, 4.69) is 42.7 Å². The van der Waals surface area contributed by atoms with Crippen LogP contribution in [0.25, 0.3) is 56.1 Å². The maximum absolute atomic E-state index is 13.5. The summed E-state index contributed by atoms with van der Waals surface area (Å²) < 4.78 is 36.1. The van der Waals surface area contributed by atoms with Crippen LogP contribution in [0, 0.1) is 34.3 Å². The van der Waals surface area contributed by atoms with Crippen molar-refractivity contribution < 1.29 is 33.0 Å². The van der Waals surface area contributed by atoms with Gasteiger partial charge in [-0.25, -0.2) is 58.2 Å². The summed E-state index contributed by atoms with van der Waals surface area (Å²) in [5.74, 6) is -0.702. The molecule has 0 unspecified atom stereocenters. The number of rotatable bonds is 13. The van der Waals surface area contributed by atoms with Crippen LogP contribution in [-0.4, -0.2) is 135 Å². The number of nitrogens with zero attached hydrogens (tertiary/aromatic N) is 15. The summed E-state index contributed by atoms with van der Waals surface area (Å²) >= 11 is 2.51. The summed E-state index contributed by atoms with van der Waals surface area (Å²) in [7, 11) is 3.75. The molecule has 10 aromatic rings. The molecule has 10 heterocycles. The average Bonchev–Trinajstić information content (AvgIpc) is 1.64. The number of nitrogens with two attached hydrogens (primary N) is 1. The lowest BCUT2D eigenvalue weighted by Gasteiger charge is -2.32. The molecule has 2 fully saturated rings. The van der Waals surface area contributed by atoms with Crippen LogP contribution in [-0.2, 0) is 17.6 Å². The minimum Gasteiger partial charge on any atom is -0.475 e. The summed E-state index contributed by atoms with van der Waals surface area (Å²) in [6.07, 6.45) is 14.7. The van der Waals surface area contributed by atoms with E-state index in [1.807, 2.05) is 104 Å². The van der Waals surface area contributed by atoms with E-state index in [1.165, 1.54) is 59.3 Å². The van der Waals surface area contributed by atoms with Crippen molar-refractivity contribution >= 4 is 86.2 Å². The largest absolute Gasteiger partial charge is 0.475 e. The van der Waals surface area contributed by atoms with Crippen LogP contribution in [0.15, 0.2) is 110 Å². The van der Waals surface area contributed by atoms with E-state index in [0.29, 0.717) is 60.9 Å². The Balaban J connectivity index is 0.000000182. The maximum atomic E-state index is 13.5. The number of halogens is 3. The third-order valence-electron chi connectivity index (χ3n) is 15.1. The first-order valence-corrected chi connectivity index (χ1v) is 31.3. The number of amides is 2. The van der Waals surface area contributed by atoms with Crippen LogP contribution in [0.1, 0.15) is 103 Å². The third kappa shape index (κ3) is 15.7. The molecule has 28 heteroatoms. The molecule has 23 nitrogen and oxygen atoms in total. The second-order valence-corrected chi connectivity index (χ2v) is 24.6. The number of carbonyl (C=O) groups excluding carboxylic acids is 2. The Labute approximate surface area is 549 Å². The van der Waals surface area contributed by atoms with Gasteiger partial charge >= 0.3 is 12.1 Å². The first-order chi connectivity index (χ1) is 44.2. The van der Waals surface area contributed by atoms with Gasteiger partial charge in [0.25, 0.3) is 5.91 Å². The summed E-state index contributed by atoms with van der Waals surface area (Å²) in [5.41, 5.74) is 13.9. The number of hydrogen-bond acceptors (Lipinski definition) is 20. The Morgan fingerprint density at radius 3 is 1.48 bits per heavy atom. The van der Waals surface area contributed by atoms with Crippen molar-refractivity contribution in [3.05, 3.63) is 154 Å². The van der Waals surface area contributed by atoms with Gasteiger partial charge in [-0.1, -0.05) is 36.5 Å². The van der Waals surface area contributed by atoms with E-state index in [4.69, 9.17) is 35.5 Å². The van der Waals surface area contributed by atoms with Gasteiger partial charge < -0.3 is 40.9 Å². The first-order valence-electron chi connectivity index (χ1n) is 29.7. The number of hydrogen-bond donors (Lipinski definition) is 4. The minimum absolute atomic E-state index is 0. The molecule has 0 radical (unpaired) electrons. The summed E-state index contributed by atoms with van der Waals surface area (Å²) in [5, 5.41) is 36.1. The molecule has 12 rings (SSSR count). The van der Waals surface area contributed by atoms with Crippen LogP contribution in [0.5, 0.6) is 0 Å². The van der Waals surface area contributed by atoms with Crippen molar-refractivity contribution in [3.63, 3.8) is 0 Å². The van der Waals surface area contributed by atoms with Gasteiger partial charge in [0, 0.05) is 110 Å². The number of piperidine rings is 2. The number of benzene rings is 2. The fourth-order valence-corrected chi connectivity index (χ4v) is 12.0. The fraction of sp³-hybridized carbons (Fsp3) is 0.308. The van der Waals surface area contributed by atoms with Crippen molar-refractivity contribution in [1.29, 1.82) is 10.5 Å². The van der Waals surface area contributed by atoms with E-state index >= 15 is 0 Å². The normalized spacial score (nSPS) is 13.4. The second-order valence-electron chi connectivity index (χ2n) is 22.7. The van der Waals surface area contributed by atoms with E-state index in [9.17, 15) is 33.7 Å². The lowest BCUT2D eigenvalue weighted by atomic mass is 10.1. The molecule has 5 N–H and O–H groups in total. The molecule has 0 atom stereocenters. The van der Waals surface area contributed by atoms with E-state index in [1.54, 1.807) is 41.6 Å². The summed E-state index contributed by atoms with van der Waals surface area (Å²) in [6, 6.07) is 24.3. The van der Waals surface area contributed by atoms with Crippen LogP contribution in [0.3, 0.4) is 0 Å². The predicted molar refractivity (Wildman–Crippen MR) is 354 cm³/mol. The van der Waals surface area contributed by atoms with E-state index < -0.39 is 11.6 Å².